The SMILES string of the molecule is C=C(C)C(=O)OC=CCC=CC. The molecule has 0 amide bonds. The van der Waals surface area contributed by atoms with Gasteiger partial charge in [0.2, 0.25) is 0 Å². The summed E-state index contributed by atoms with van der Waals surface area (Å²) in [5, 5.41) is 0. The van der Waals surface area contributed by atoms with Crippen LogP contribution in [0.15, 0.2) is 36.6 Å². The summed E-state index contributed by atoms with van der Waals surface area (Å²) in [7, 11) is 0. The molecule has 0 aliphatic rings. The smallest absolute Gasteiger partial charge is 0.337 e. The van der Waals surface area contributed by atoms with Crippen molar-refractivity contribution in [1.82, 2.24) is 0 Å². The lowest BCUT2D eigenvalue weighted by Gasteiger charge is -1.94. The van der Waals surface area contributed by atoms with E-state index in [-0.39, 0.29) is 5.97 Å². The molecule has 0 aromatic carbocycles. The Morgan fingerprint density at radius 1 is 1.50 bits per heavy atom. The number of hydrogen-bond acceptors (Lipinski definition) is 2. The lowest BCUT2D eigenvalue weighted by molar-refractivity contribution is -0.133. The average molecular weight is 166 g/mol. The first-order valence-corrected chi connectivity index (χ1v) is 3.81. The molecule has 0 saturated heterocycles. The molecular weight excluding hydrogens is 152 g/mol. The molecule has 0 spiro atoms. The molecule has 0 bridgehead atoms. The van der Waals surface area contributed by atoms with Crippen LogP contribution >= 0.6 is 0 Å². The van der Waals surface area contributed by atoms with Crippen LogP contribution < -0.4 is 0 Å². The first-order chi connectivity index (χ1) is 5.68. The lowest BCUT2D eigenvalue weighted by atomic mass is 10.3. The monoisotopic (exact) mass is 166 g/mol. The number of rotatable bonds is 4. The van der Waals surface area contributed by atoms with Gasteiger partial charge in [0.1, 0.15) is 0 Å². The van der Waals surface area contributed by atoms with E-state index < -0.39 is 0 Å². The summed E-state index contributed by atoms with van der Waals surface area (Å²) in [6.07, 6.45) is 7.83. The van der Waals surface area contributed by atoms with Crippen molar-refractivity contribution < 1.29 is 9.53 Å². The van der Waals surface area contributed by atoms with Crippen LogP contribution in [0.4, 0.5) is 0 Å². The van der Waals surface area contributed by atoms with Gasteiger partial charge in [0.15, 0.2) is 0 Å². The Hall–Kier alpha value is -1.31. The molecule has 2 nitrogen and oxygen atoms in total. The Kier molecular flexibility index (Phi) is 5.70. The fourth-order valence-electron chi connectivity index (χ4n) is 0.481. The standard InChI is InChI=1S/C10H14O2/c1-4-5-6-7-8-12-10(11)9(2)3/h4-5,7-8H,2,6H2,1,3H3. The van der Waals surface area contributed by atoms with Gasteiger partial charge in [0.05, 0.1) is 6.26 Å². The molecule has 0 rings (SSSR count). The molecular formula is C10H14O2. The number of esters is 1. The van der Waals surface area contributed by atoms with Gasteiger partial charge in [-0.05, 0) is 26.3 Å². The van der Waals surface area contributed by atoms with Gasteiger partial charge in [-0.25, -0.2) is 4.79 Å². The summed E-state index contributed by atoms with van der Waals surface area (Å²) >= 11 is 0. The van der Waals surface area contributed by atoms with Crippen molar-refractivity contribution in [1.29, 1.82) is 0 Å². The second-order valence-electron chi connectivity index (χ2n) is 2.36. The third-order valence-corrected chi connectivity index (χ3v) is 1.13. The summed E-state index contributed by atoms with van der Waals surface area (Å²) < 4.78 is 4.70. The van der Waals surface area contributed by atoms with Crippen molar-refractivity contribution in [2.24, 2.45) is 0 Å². The number of carbonyl (C=O) groups excluding carboxylic acids is 1. The van der Waals surface area contributed by atoms with E-state index in [1.807, 2.05) is 19.1 Å². The summed E-state index contributed by atoms with van der Waals surface area (Å²) in [5.41, 5.74) is 0.408. The highest BCUT2D eigenvalue weighted by Crippen LogP contribution is 1.93. The predicted octanol–water partition coefficient (Wildman–Crippen LogP) is 2.59. The van der Waals surface area contributed by atoms with E-state index in [4.69, 9.17) is 4.74 Å². The van der Waals surface area contributed by atoms with Gasteiger partial charge in [-0.1, -0.05) is 18.7 Å². The van der Waals surface area contributed by atoms with E-state index in [0.29, 0.717) is 5.57 Å². The maximum Gasteiger partial charge on any atom is 0.337 e. The van der Waals surface area contributed by atoms with Crippen molar-refractivity contribution in [2.45, 2.75) is 20.3 Å². The van der Waals surface area contributed by atoms with Gasteiger partial charge < -0.3 is 4.74 Å². The maximum atomic E-state index is 10.8. The first kappa shape index (κ1) is 10.7. The minimum atomic E-state index is -0.383. The van der Waals surface area contributed by atoms with Crippen molar-refractivity contribution >= 4 is 5.97 Å². The summed E-state index contributed by atoms with van der Waals surface area (Å²) in [4.78, 5) is 10.8. The van der Waals surface area contributed by atoms with E-state index in [1.165, 1.54) is 6.26 Å². The third kappa shape index (κ3) is 5.47. The summed E-state index contributed by atoms with van der Waals surface area (Å²) in [5.74, 6) is -0.383. The fourth-order valence-corrected chi connectivity index (χ4v) is 0.481. The van der Waals surface area contributed by atoms with Gasteiger partial charge in [0.25, 0.3) is 0 Å². The normalized spacial score (nSPS) is 10.8. The minimum absolute atomic E-state index is 0.383. The molecule has 2 heteroatoms. The van der Waals surface area contributed by atoms with Gasteiger partial charge in [-0.15, -0.1) is 0 Å². The van der Waals surface area contributed by atoms with Crippen LogP contribution in [0.1, 0.15) is 20.3 Å². The highest BCUT2D eigenvalue weighted by Gasteiger charge is 1.98. The number of allylic oxidation sites excluding steroid dienone is 3. The van der Waals surface area contributed by atoms with Crippen molar-refractivity contribution in [3.05, 3.63) is 36.6 Å². The van der Waals surface area contributed by atoms with E-state index in [9.17, 15) is 4.79 Å². The predicted molar refractivity (Wildman–Crippen MR) is 49.5 cm³/mol. The molecule has 0 fully saturated rings. The summed E-state index contributed by atoms with van der Waals surface area (Å²) in [6, 6.07) is 0. The van der Waals surface area contributed by atoms with Gasteiger partial charge >= 0.3 is 5.97 Å². The molecule has 0 N–H and O–H groups in total. The molecule has 0 aromatic rings. The van der Waals surface area contributed by atoms with Crippen LogP contribution in [-0.4, -0.2) is 5.97 Å². The van der Waals surface area contributed by atoms with Crippen molar-refractivity contribution in [3.63, 3.8) is 0 Å². The Balaban J connectivity index is 3.60. The Labute approximate surface area is 73.2 Å². The van der Waals surface area contributed by atoms with Crippen LogP contribution in [0.5, 0.6) is 0 Å². The van der Waals surface area contributed by atoms with Gasteiger partial charge in [0, 0.05) is 5.57 Å². The number of hydrogen-bond donors (Lipinski definition) is 0. The lowest BCUT2D eigenvalue weighted by Crippen LogP contribution is -1.98. The second-order valence-corrected chi connectivity index (χ2v) is 2.36. The number of carbonyl (C=O) groups is 1. The fraction of sp³-hybridized carbons (Fsp3) is 0.300. The van der Waals surface area contributed by atoms with E-state index in [1.54, 1.807) is 13.0 Å². The first-order valence-electron chi connectivity index (χ1n) is 3.81. The molecule has 0 atom stereocenters. The third-order valence-electron chi connectivity index (χ3n) is 1.13. The molecule has 0 heterocycles. The highest BCUT2D eigenvalue weighted by atomic mass is 16.5. The van der Waals surface area contributed by atoms with Gasteiger partial charge in [-0.3, -0.25) is 0 Å². The van der Waals surface area contributed by atoms with E-state index >= 15 is 0 Å². The number of ether oxygens (including phenoxy) is 1. The Morgan fingerprint density at radius 3 is 2.67 bits per heavy atom. The molecule has 0 radical (unpaired) electrons. The van der Waals surface area contributed by atoms with Crippen LogP contribution in [-0.2, 0) is 9.53 Å². The zero-order chi connectivity index (χ0) is 9.40. The topological polar surface area (TPSA) is 26.3 Å². The molecule has 0 aliphatic carbocycles. The second kappa shape index (κ2) is 6.40. The molecule has 0 saturated carbocycles. The van der Waals surface area contributed by atoms with Crippen LogP contribution in [0, 0.1) is 0 Å². The van der Waals surface area contributed by atoms with E-state index in [2.05, 4.69) is 6.58 Å². The molecule has 0 unspecified atom stereocenters. The van der Waals surface area contributed by atoms with Crippen LogP contribution in [0.3, 0.4) is 0 Å². The minimum Gasteiger partial charge on any atom is -0.431 e. The molecule has 12 heavy (non-hydrogen) atoms. The Morgan fingerprint density at radius 2 is 2.17 bits per heavy atom. The van der Waals surface area contributed by atoms with Crippen LogP contribution in [0.2, 0.25) is 0 Å². The van der Waals surface area contributed by atoms with Gasteiger partial charge in [-0.2, -0.15) is 0 Å². The van der Waals surface area contributed by atoms with Crippen molar-refractivity contribution in [2.75, 3.05) is 0 Å². The van der Waals surface area contributed by atoms with Crippen LogP contribution in [0.25, 0.3) is 0 Å². The maximum absolute atomic E-state index is 10.8. The molecule has 0 aliphatic heterocycles. The van der Waals surface area contributed by atoms with E-state index in [0.717, 1.165) is 6.42 Å². The zero-order valence-corrected chi connectivity index (χ0v) is 7.54. The molecule has 66 valence electrons. The molecule has 0 aromatic heterocycles. The highest BCUT2D eigenvalue weighted by molar-refractivity contribution is 5.87. The average Bonchev–Trinajstić information content (AvgIpc) is 2.03. The summed E-state index contributed by atoms with van der Waals surface area (Å²) in [6.45, 7) is 7.00. The zero-order valence-electron chi connectivity index (χ0n) is 7.54. The largest absolute Gasteiger partial charge is 0.431 e. The Bertz CT molecular complexity index is 212. The quantitative estimate of drug-likeness (QED) is 0.278. The van der Waals surface area contributed by atoms with Crippen molar-refractivity contribution in [3.8, 4) is 0 Å².